The van der Waals surface area contributed by atoms with Crippen LogP contribution in [0.3, 0.4) is 0 Å². The normalized spacial score (nSPS) is 14.0. The summed E-state index contributed by atoms with van der Waals surface area (Å²) in [6.07, 6.45) is 13.1. The second kappa shape index (κ2) is 13.9. The Bertz CT molecular complexity index is 557. The van der Waals surface area contributed by atoms with Crippen LogP contribution < -0.4 is 0 Å². The highest BCUT2D eigenvalue weighted by molar-refractivity contribution is 6.12. The molecule has 0 bridgehead atoms. The molecule has 28 heavy (non-hydrogen) atoms. The molecule has 1 aliphatic heterocycles. The second-order valence-electron chi connectivity index (χ2n) is 7.37. The fourth-order valence-electron chi connectivity index (χ4n) is 3.14. The van der Waals surface area contributed by atoms with Gasteiger partial charge in [0.1, 0.15) is 0 Å². The van der Waals surface area contributed by atoms with E-state index in [2.05, 4.69) is 6.58 Å². The molecule has 1 saturated heterocycles. The van der Waals surface area contributed by atoms with E-state index in [4.69, 9.17) is 9.94 Å². The SMILES string of the molecule is C=C1CC(=O)N(OC(=O)CCCCCCCCCCCCCCC(=O)O)C1=O. The molecule has 1 aliphatic rings. The van der Waals surface area contributed by atoms with Crippen LogP contribution >= 0.6 is 0 Å². The Morgan fingerprint density at radius 1 is 0.821 bits per heavy atom. The van der Waals surface area contributed by atoms with Crippen LogP contribution in [0, 0.1) is 0 Å². The Labute approximate surface area is 167 Å². The molecule has 1 N–H and O–H groups in total. The molecule has 0 spiro atoms. The first kappa shape index (κ1) is 23.9. The van der Waals surface area contributed by atoms with Gasteiger partial charge in [0.2, 0.25) is 0 Å². The molecule has 0 aromatic rings. The summed E-state index contributed by atoms with van der Waals surface area (Å²) in [6, 6.07) is 0. The third-order valence-electron chi connectivity index (χ3n) is 4.79. The van der Waals surface area contributed by atoms with Crippen molar-refractivity contribution >= 4 is 23.8 Å². The number of carbonyl (C=O) groups excluding carboxylic acids is 3. The van der Waals surface area contributed by atoms with Crippen molar-refractivity contribution in [1.29, 1.82) is 0 Å². The lowest BCUT2D eigenvalue weighted by Gasteiger charge is -2.12. The Balaban J connectivity index is 1.87. The molecule has 158 valence electrons. The van der Waals surface area contributed by atoms with Crippen LogP contribution in [0.15, 0.2) is 12.2 Å². The largest absolute Gasteiger partial charge is 0.481 e. The molecule has 7 nitrogen and oxygen atoms in total. The van der Waals surface area contributed by atoms with Crippen molar-refractivity contribution in [3.05, 3.63) is 12.2 Å². The van der Waals surface area contributed by atoms with Gasteiger partial charge in [-0.2, -0.15) is 0 Å². The molecule has 2 amide bonds. The number of carboxylic acids is 1. The lowest BCUT2D eigenvalue weighted by molar-refractivity contribution is -0.196. The van der Waals surface area contributed by atoms with Crippen molar-refractivity contribution in [2.45, 2.75) is 96.3 Å². The number of aliphatic carboxylic acids is 1. The molecule has 1 fully saturated rings. The highest BCUT2D eigenvalue weighted by atomic mass is 16.7. The number of carbonyl (C=O) groups is 4. The first-order chi connectivity index (χ1) is 13.4. The number of rotatable bonds is 16. The third kappa shape index (κ3) is 10.2. The predicted molar refractivity (Wildman–Crippen MR) is 104 cm³/mol. The molecular weight excluding hydrogens is 362 g/mol. The summed E-state index contributed by atoms with van der Waals surface area (Å²) >= 11 is 0. The van der Waals surface area contributed by atoms with Crippen LogP contribution in [0.25, 0.3) is 0 Å². The number of nitrogens with zero attached hydrogens (tertiary/aromatic N) is 1. The molecule has 0 unspecified atom stereocenters. The number of hydroxylamine groups is 2. The van der Waals surface area contributed by atoms with E-state index in [1.54, 1.807) is 0 Å². The number of hydrogen-bond donors (Lipinski definition) is 1. The van der Waals surface area contributed by atoms with Crippen molar-refractivity contribution < 1.29 is 29.1 Å². The molecular formula is C21H33NO6. The predicted octanol–water partition coefficient (Wildman–Crippen LogP) is 4.31. The molecule has 0 saturated carbocycles. The van der Waals surface area contributed by atoms with Gasteiger partial charge in [-0.1, -0.05) is 75.9 Å². The van der Waals surface area contributed by atoms with Crippen molar-refractivity contribution in [2.75, 3.05) is 0 Å². The molecule has 1 rings (SSSR count). The van der Waals surface area contributed by atoms with E-state index in [0.29, 0.717) is 11.5 Å². The lowest BCUT2D eigenvalue weighted by atomic mass is 10.0. The highest BCUT2D eigenvalue weighted by Crippen LogP contribution is 2.18. The average Bonchev–Trinajstić information content (AvgIpc) is 2.88. The summed E-state index contributed by atoms with van der Waals surface area (Å²) < 4.78 is 0. The molecule has 0 radical (unpaired) electrons. The van der Waals surface area contributed by atoms with Crippen LogP contribution in [0.4, 0.5) is 0 Å². The summed E-state index contributed by atoms with van der Waals surface area (Å²) in [5, 5.41) is 9.08. The zero-order valence-electron chi connectivity index (χ0n) is 16.7. The minimum Gasteiger partial charge on any atom is -0.481 e. The summed E-state index contributed by atoms with van der Waals surface area (Å²) in [5.41, 5.74) is 0.149. The number of unbranched alkanes of at least 4 members (excludes halogenated alkanes) is 11. The van der Waals surface area contributed by atoms with Gasteiger partial charge in [-0.15, -0.1) is 0 Å². The topological polar surface area (TPSA) is 101 Å². The smallest absolute Gasteiger partial charge is 0.333 e. The van der Waals surface area contributed by atoms with Crippen LogP contribution in [0.1, 0.15) is 96.3 Å². The maximum Gasteiger partial charge on any atom is 0.333 e. The van der Waals surface area contributed by atoms with E-state index in [9.17, 15) is 19.2 Å². The van der Waals surface area contributed by atoms with Crippen LogP contribution in [0.5, 0.6) is 0 Å². The summed E-state index contributed by atoms with van der Waals surface area (Å²) in [6.45, 7) is 3.47. The van der Waals surface area contributed by atoms with E-state index in [-0.39, 0.29) is 24.8 Å². The van der Waals surface area contributed by atoms with Gasteiger partial charge in [-0.3, -0.25) is 14.4 Å². The molecule has 0 aromatic carbocycles. The summed E-state index contributed by atoms with van der Waals surface area (Å²) in [4.78, 5) is 50.0. The molecule has 0 aromatic heterocycles. The zero-order chi connectivity index (χ0) is 20.8. The van der Waals surface area contributed by atoms with Gasteiger partial charge in [0, 0.05) is 18.4 Å². The quantitative estimate of drug-likeness (QED) is 0.237. The number of amides is 2. The van der Waals surface area contributed by atoms with Crippen molar-refractivity contribution in [3.8, 4) is 0 Å². The van der Waals surface area contributed by atoms with Gasteiger partial charge in [0.15, 0.2) is 0 Å². The van der Waals surface area contributed by atoms with Crippen molar-refractivity contribution in [3.63, 3.8) is 0 Å². The van der Waals surface area contributed by atoms with Crippen molar-refractivity contribution in [1.82, 2.24) is 5.06 Å². The molecule has 1 heterocycles. The first-order valence-corrected chi connectivity index (χ1v) is 10.4. The molecule has 0 aliphatic carbocycles. The first-order valence-electron chi connectivity index (χ1n) is 10.4. The Morgan fingerprint density at radius 3 is 1.64 bits per heavy atom. The zero-order valence-corrected chi connectivity index (χ0v) is 16.7. The van der Waals surface area contributed by atoms with E-state index >= 15 is 0 Å². The summed E-state index contributed by atoms with van der Waals surface area (Å²) in [7, 11) is 0. The third-order valence-corrected chi connectivity index (χ3v) is 4.79. The van der Waals surface area contributed by atoms with Gasteiger partial charge in [-0.25, -0.2) is 4.79 Å². The summed E-state index contributed by atoms with van der Waals surface area (Å²) in [5.74, 6) is -2.43. The van der Waals surface area contributed by atoms with Crippen LogP contribution in [-0.4, -0.2) is 33.9 Å². The highest BCUT2D eigenvalue weighted by Gasteiger charge is 2.35. The van der Waals surface area contributed by atoms with E-state index in [1.165, 1.54) is 32.1 Å². The van der Waals surface area contributed by atoms with E-state index < -0.39 is 23.8 Å². The Morgan fingerprint density at radius 2 is 1.25 bits per heavy atom. The minimum absolute atomic E-state index is 0.0865. The van der Waals surface area contributed by atoms with Gasteiger partial charge in [-0.05, 0) is 12.8 Å². The molecule has 7 heteroatoms. The van der Waals surface area contributed by atoms with Gasteiger partial charge in [0.05, 0.1) is 6.42 Å². The average molecular weight is 395 g/mol. The van der Waals surface area contributed by atoms with Crippen molar-refractivity contribution in [2.24, 2.45) is 0 Å². The Hall–Kier alpha value is -2.18. The maximum atomic E-state index is 11.7. The fourth-order valence-corrected chi connectivity index (χ4v) is 3.14. The maximum absolute atomic E-state index is 11.7. The van der Waals surface area contributed by atoms with Gasteiger partial charge >= 0.3 is 11.9 Å². The number of hydrogen-bond acceptors (Lipinski definition) is 5. The van der Waals surface area contributed by atoms with Crippen LogP contribution in [-0.2, 0) is 24.0 Å². The van der Waals surface area contributed by atoms with Gasteiger partial charge < -0.3 is 9.94 Å². The van der Waals surface area contributed by atoms with Gasteiger partial charge in [0.25, 0.3) is 11.8 Å². The van der Waals surface area contributed by atoms with E-state index in [0.717, 1.165) is 38.5 Å². The van der Waals surface area contributed by atoms with E-state index in [1.807, 2.05) is 0 Å². The number of carboxylic acid groups (broad SMARTS) is 1. The minimum atomic E-state index is -0.708. The fraction of sp³-hybridized carbons (Fsp3) is 0.714. The Kier molecular flexibility index (Phi) is 11.9. The standard InChI is InChI=1S/C21H33NO6/c1-17-16-18(23)22(21(17)27)28-20(26)15-13-11-9-7-5-3-2-4-6-8-10-12-14-19(24)25/h1-16H2,(H,24,25). The van der Waals surface area contributed by atoms with Crippen LogP contribution in [0.2, 0.25) is 0 Å². The molecule has 0 atom stereocenters. The second-order valence-corrected chi connectivity index (χ2v) is 7.37. The lowest BCUT2D eigenvalue weighted by Crippen LogP contribution is -2.32. The monoisotopic (exact) mass is 395 g/mol. The number of imide groups is 1.